The maximum Gasteiger partial charge on any atom is 0.237 e. The molecule has 1 amide bonds. The number of nitrogens with zero attached hydrogens (tertiary/aromatic N) is 2. The smallest absolute Gasteiger partial charge is 0.237 e. The number of rotatable bonds is 6. The van der Waals surface area contributed by atoms with Crippen molar-refractivity contribution in [3.63, 3.8) is 0 Å². The Morgan fingerprint density at radius 2 is 2.18 bits per heavy atom. The van der Waals surface area contributed by atoms with E-state index in [4.69, 9.17) is 0 Å². The van der Waals surface area contributed by atoms with Crippen LogP contribution < -0.4 is 10.6 Å². The lowest BCUT2D eigenvalue weighted by molar-refractivity contribution is -0.123. The maximum atomic E-state index is 11.7. The summed E-state index contributed by atoms with van der Waals surface area (Å²) in [7, 11) is 0. The van der Waals surface area contributed by atoms with E-state index in [-0.39, 0.29) is 18.0 Å². The molecule has 1 unspecified atom stereocenters. The van der Waals surface area contributed by atoms with Crippen LogP contribution in [0, 0.1) is 0 Å². The predicted molar refractivity (Wildman–Crippen MR) is 67.5 cm³/mol. The second-order valence-corrected chi connectivity index (χ2v) is 4.40. The highest BCUT2D eigenvalue weighted by Crippen LogP contribution is 1.97. The van der Waals surface area contributed by atoms with Crippen molar-refractivity contribution in [1.29, 1.82) is 0 Å². The fraction of sp³-hybridized carbons (Fsp3) is 0.667. The normalized spacial score (nSPS) is 12.8. The molecule has 17 heavy (non-hydrogen) atoms. The van der Waals surface area contributed by atoms with Gasteiger partial charge in [0.05, 0.1) is 12.6 Å². The van der Waals surface area contributed by atoms with Crippen LogP contribution >= 0.6 is 0 Å². The van der Waals surface area contributed by atoms with Crippen LogP contribution in [-0.4, -0.2) is 27.5 Å². The number of nitrogens with one attached hydrogen (secondary N) is 2. The second kappa shape index (κ2) is 6.39. The molecule has 0 bridgehead atoms. The van der Waals surface area contributed by atoms with Crippen molar-refractivity contribution in [1.82, 2.24) is 20.2 Å². The highest BCUT2D eigenvalue weighted by molar-refractivity contribution is 5.81. The van der Waals surface area contributed by atoms with Crippen molar-refractivity contribution in [2.75, 3.05) is 0 Å². The first-order valence-corrected chi connectivity index (χ1v) is 6.08. The van der Waals surface area contributed by atoms with Gasteiger partial charge in [-0.1, -0.05) is 0 Å². The first-order valence-electron chi connectivity index (χ1n) is 6.08. The Morgan fingerprint density at radius 3 is 2.76 bits per heavy atom. The Labute approximate surface area is 103 Å². The van der Waals surface area contributed by atoms with Gasteiger partial charge in [0.15, 0.2) is 0 Å². The lowest BCUT2D eigenvalue weighted by Gasteiger charge is -2.16. The Bertz CT molecular complexity index is 359. The predicted octanol–water partition coefficient (Wildman–Crippen LogP) is 0.906. The molecule has 0 saturated heterocycles. The molecule has 1 aromatic rings. The van der Waals surface area contributed by atoms with Gasteiger partial charge in [0, 0.05) is 25.0 Å². The molecule has 1 heterocycles. The Hall–Kier alpha value is -1.36. The van der Waals surface area contributed by atoms with Gasteiger partial charge in [-0.25, -0.2) is 4.98 Å². The topological polar surface area (TPSA) is 59.0 Å². The molecule has 1 rings (SSSR count). The SMILES string of the molecule is CCn1ccnc1CNC(C)C(=O)NC(C)C. The number of aryl methyl sites for hydroxylation is 1. The zero-order valence-electron chi connectivity index (χ0n) is 11.0. The van der Waals surface area contributed by atoms with Crippen molar-refractivity contribution < 1.29 is 4.79 Å². The van der Waals surface area contributed by atoms with Gasteiger partial charge in [0.25, 0.3) is 0 Å². The molecule has 0 aliphatic heterocycles. The van der Waals surface area contributed by atoms with Crippen molar-refractivity contribution in [2.24, 2.45) is 0 Å². The van der Waals surface area contributed by atoms with Crippen LogP contribution in [0.2, 0.25) is 0 Å². The number of carbonyl (C=O) groups is 1. The summed E-state index contributed by atoms with van der Waals surface area (Å²) in [6.07, 6.45) is 3.72. The van der Waals surface area contributed by atoms with Gasteiger partial charge in [-0.05, 0) is 27.7 Å². The number of hydrogen-bond donors (Lipinski definition) is 2. The summed E-state index contributed by atoms with van der Waals surface area (Å²) < 4.78 is 2.06. The van der Waals surface area contributed by atoms with Gasteiger partial charge >= 0.3 is 0 Å². The number of carbonyl (C=O) groups excluding carboxylic acids is 1. The average Bonchev–Trinajstić information content (AvgIpc) is 2.72. The summed E-state index contributed by atoms with van der Waals surface area (Å²) in [5.74, 6) is 0.978. The molecule has 0 saturated carbocycles. The Morgan fingerprint density at radius 1 is 1.47 bits per heavy atom. The molecule has 2 N–H and O–H groups in total. The van der Waals surface area contributed by atoms with E-state index in [1.54, 1.807) is 6.20 Å². The first kappa shape index (κ1) is 13.7. The van der Waals surface area contributed by atoms with E-state index in [1.165, 1.54) is 0 Å². The maximum absolute atomic E-state index is 11.7. The van der Waals surface area contributed by atoms with Gasteiger partial charge in [-0.3, -0.25) is 10.1 Å². The summed E-state index contributed by atoms with van der Waals surface area (Å²) in [5, 5.41) is 6.04. The van der Waals surface area contributed by atoms with Gasteiger partial charge < -0.3 is 9.88 Å². The van der Waals surface area contributed by atoms with Gasteiger partial charge in [-0.15, -0.1) is 0 Å². The van der Waals surface area contributed by atoms with Crippen molar-refractivity contribution >= 4 is 5.91 Å². The fourth-order valence-electron chi connectivity index (χ4n) is 1.54. The highest BCUT2D eigenvalue weighted by atomic mass is 16.2. The third-order valence-electron chi connectivity index (χ3n) is 2.53. The molecular weight excluding hydrogens is 216 g/mol. The highest BCUT2D eigenvalue weighted by Gasteiger charge is 2.13. The minimum atomic E-state index is -0.209. The third-order valence-corrected chi connectivity index (χ3v) is 2.53. The molecule has 96 valence electrons. The van der Waals surface area contributed by atoms with Crippen LogP contribution in [0.5, 0.6) is 0 Å². The quantitative estimate of drug-likeness (QED) is 0.774. The largest absolute Gasteiger partial charge is 0.353 e. The number of imidazole rings is 1. The van der Waals surface area contributed by atoms with Crippen LogP contribution in [0.3, 0.4) is 0 Å². The molecule has 0 radical (unpaired) electrons. The molecule has 1 aromatic heterocycles. The average molecular weight is 238 g/mol. The Kier molecular flexibility index (Phi) is 5.15. The number of aromatic nitrogens is 2. The molecule has 0 fully saturated rings. The van der Waals surface area contributed by atoms with E-state index in [1.807, 2.05) is 27.0 Å². The van der Waals surface area contributed by atoms with Crippen LogP contribution in [0.1, 0.15) is 33.5 Å². The molecule has 0 aliphatic carbocycles. The van der Waals surface area contributed by atoms with E-state index < -0.39 is 0 Å². The van der Waals surface area contributed by atoms with Gasteiger partial charge in [0.1, 0.15) is 5.82 Å². The fourth-order valence-corrected chi connectivity index (χ4v) is 1.54. The van der Waals surface area contributed by atoms with E-state index in [9.17, 15) is 4.79 Å². The second-order valence-electron chi connectivity index (χ2n) is 4.40. The van der Waals surface area contributed by atoms with Crippen molar-refractivity contribution in [3.05, 3.63) is 18.2 Å². The van der Waals surface area contributed by atoms with E-state index in [0.29, 0.717) is 6.54 Å². The molecule has 0 spiro atoms. The third kappa shape index (κ3) is 4.19. The van der Waals surface area contributed by atoms with Crippen LogP contribution in [0.25, 0.3) is 0 Å². The zero-order chi connectivity index (χ0) is 12.8. The summed E-state index contributed by atoms with van der Waals surface area (Å²) in [4.78, 5) is 15.9. The molecule has 5 heteroatoms. The zero-order valence-corrected chi connectivity index (χ0v) is 11.0. The van der Waals surface area contributed by atoms with Crippen molar-refractivity contribution in [2.45, 2.75) is 52.9 Å². The minimum Gasteiger partial charge on any atom is -0.353 e. The summed E-state index contributed by atoms with van der Waals surface area (Å²) in [5.41, 5.74) is 0. The van der Waals surface area contributed by atoms with E-state index >= 15 is 0 Å². The minimum absolute atomic E-state index is 0.0228. The van der Waals surface area contributed by atoms with Crippen LogP contribution in [0.4, 0.5) is 0 Å². The Balaban J connectivity index is 2.42. The lowest BCUT2D eigenvalue weighted by atomic mass is 10.3. The van der Waals surface area contributed by atoms with Crippen LogP contribution in [-0.2, 0) is 17.9 Å². The van der Waals surface area contributed by atoms with Gasteiger partial charge in [0.2, 0.25) is 5.91 Å². The molecular formula is C12H22N4O. The number of hydrogen-bond acceptors (Lipinski definition) is 3. The summed E-state index contributed by atoms with van der Waals surface area (Å²) >= 11 is 0. The molecule has 0 aliphatic rings. The van der Waals surface area contributed by atoms with E-state index in [0.717, 1.165) is 12.4 Å². The summed E-state index contributed by atoms with van der Waals surface area (Å²) in [6, 6.07) is -0.0382. The monoisotopic (exact) mass is 238 g/mol. The summed E-state index contributed by atoms with van der Waals surface area (Å²) in [6.45, 7) is 9.33. The number of amides is 1. The molecule has 0 aromatic carbocycles. The van der Waals surface area contributed by atoms with E-state index in [2.05, 4.69) is 27.1 Å². The molecule has 1 atom stereocenters. The van der Waals surface area contributed by atoms with Crippen molar-refractivity contribution in [3.8, 4) is 0 Å². The molecule has 5 nitrogen and oxygen atoms in total. The first-order chi connectivity index (χ1) is 8.04. The lowest BCUT2D eigenvalue weighted by Crippen LogP contribution is -2.44. The van der Waals surface area contributed by atoms with Crippen LogP contribution in [0.15, 0.2) is 12.4 Å². The van der Waals surface area contributed by atoms with Gasteiger partial charge in [-0.2, -0.15) is 0 Å². The standard InChI is InChI=1S/C12H22N4O/c1-5-16-7-6-13-11(16)8-14-10(4)12(17)15-9(2)3/h6-7,9-10,14H,5,8H2,1-4H3,(H,15,17).